The molecule has 0 rings (SSSR count). The van der Waals surface area contributed by atoms with Crippen molar-refractivity contribution in [1.82, 2.24) is 0 Å². The normalized spacial score (nSPS) is 19.3. The SMILES string of the molecule is CCC(C)C(OC(C)COC(C)CO)C(C)(C)C. The Morgan fingerprint density at radius 3 is 2.00 bits per heavy atom. The summed E-state index contributed by atoms with van der Waals surface area (Å²) in [4.78, 5) is 0. The van der Waals surface area contributed by atoms with Gasteiger partial charge < -0.3 is 14.6 Å². The third-order valence-corrected chi connectivity index (χ3v) is 3.27. The number of aliphatic hydroxyl groups excluding tert-OH is 1. The molecule has 0 saturated carbocycles. The number of hydrogen-bond acceptors (Lipinski definition) is 3. The molecule has 0 saturated heterocycles. The molecule has 0 aromatic rings. The van der Waals surface area contributed by atoms with E-state index >= 15 is 0 Å². The van der Waals surface area contributed by atoms with Crippen molar-refractivity contribution in [2.45, 2.75) is 73.2 Å². The lowest BCUT2D eigenvalue weighted by atomic mass is 9.80. The Morgan fingerprint density at radius 2 is 1.61 bits per heavy atom. The number of rotatable bonds is 8. The first kappa shape index (κ1) is 17.9. The smallest absolute Gasteiger partial charge is 0.0784 e. The largest absolute Gasteiger partial charge is 0.394 e. The maximum atomic E-state index is 8.92. The van der Waals surface area contributed by atoms with Crippen LogP contribution in [0.25, 0.3) is 0 Å². The zero-order valence-electron chi connectivity index (χ0n) is 13.2. The molecular formula is C15H32O3. The number of hydrogen-bond donors (Lipinski definition) is 1. The Morgan fingerprint density at radius 1 is 1.06 bits per heavy atom. The zero-order chi connectivity index (χ0) is 14.3. The minimum Gasteiger partial charge on any atom is -0.394 e. The fourth-order valence-electron chi connectivity index (χ4n) is 2.05. The van der Waals surface area contributed by atoms with Crippen LogP contribution in [0.2, 0.25) is 0 Å². The summed E-state index contributed by atoms with van der Waals surface area (Å²) in [5, 5.41) is 8.92. The second-order valence-electron chi connectivity index (χ2n) is 6.45. The second kappa shape index (κ2) is 8.13. The third kappa shape index (κ3) is 6.72. The molecule has 0 radical (unpaired) electrons. The van der Waals surface area contributed by atoms with E-state index in [-0.39, 0.29) is 30.3 Å². The van der Waals surface area contributed by atoms with Crippen LogP contribution >= 0.6 is 0 Å². The van der Waals surface area contributed by atoms with Crippen LogP contribution in [0.3, 0.4) is 0 Å². The van der Waals surface area contributed by atoms with Crippen molar-refractivity contribution in [3.63, 3.8) is 0 Å². The third-order valence-electron chi connectivity index (χ3n) is 3.27. The summed E-state index contributed by atoms with van der Waals surface area (Å²) in [6.07, 6.45) is 1.28. The molecule has 0 spiro atoms. The number of aliphatic hydroxyl groups is 1. The van der Waals surface area contributed by atoms with Crippen molar-refractivity contribution in [2.75, 3.05) is 13.2 Å². The molecule has 110 valence electrons. The van der Waals surface area contributed by atoms with E-state index in [0.29, 0.717) is 12.5 Å². The van der Waals surface area contributed by atoms with Crippen LogP contribution in [0, 0.1) is 11.3 Å². The summed E-state index contributed by atoms with van der Waals surface area (Å²) in [5.41, 5.74) is 0.131. The predicted octanol–water partition coefficient (Wildman–Crippen LogP) is 3.25. The van der Waals surface area contributed by atoms with Crippen LogP contribution < -0.4 is 0 Å². The summed E-state index contributed by atoms with van der Waals surface area (Å²) >= 11 is 0. The molecular weight excluding hydrogens is 228 g/mol. The summed E-state index contributed by atoms with van der Waals surface area (Å²) in [6, 6.07) is 0. The van der Waals surface area contributed by atoms with E-state index in [1.54, 1.807) is 0 Å². The van der Waals surface area contributed by atoms with E-state index in [9.17, 15) is 0 Å². The van der Waals surface area contributed by atoms with E-state index in [4.69, 9.17) is 14.6 Å². The Balaban J connectivity index is 4.32. The molecule has 0 aliphatic carbocycles. The average Bonchev–Trinajstić information content (AvgIpc) is 2.30. The molecule has 0 heterocycles. The Labute approximate surface area is 113 Å². The topological polar surface area (TPSA) is 38.7 Å². The van der Waals surface area contributed by atoms with Gasteiger partial charge in [0.25, 0.3) is 0 Å². The molecule has 1 N–H and O–H groups in total. The highest BCUT2D eigenvalue weighted by molar-refractivity contribution is 4.79. The maximum absolute atomic E-state index is 8.92. The average molecular weight is 260 g/mol. The lowest BCUT2D eigenvalue weighted by Gasteiger charge is -2.37. The van der Waals surface area contributed by atoms with Crippen LogP contribution in [0.4, 0.5) is 0 Å². The molecule has 0 aliphatic heterocycles. The molecule has 0 bridgehead atoms. The highest BCUT2D eigenvalue weighted by Crippen LogP contribution is 2.30. The molecule has 0 amide bonds. The van der Waals surface area contributed by atoms with Gasteiger partial charge in [-0.1, -0.05) is 41.0 Å². The molecule has 0 fully saturated rings. The summed E-state index contributed by atoms with van der Waals surface area (Å²) < 4.78 is 11.7. The van der Waals surface area contributed by atoms with Gasteiger partial charge in [-0.05, 0) is 25.2 Å². The zero-order valence-corrected chi connectivity index (χ0v) is 13.2. The summed E-state index contributed by atoms with van der Waals surface area (Å²) in [5.74, 6) is 0.530. The highest BCUT2D eigenvalue weighted by Gasteiger charge is 2.31. The van der Waals surface area contributed by atoms with Crippen LogP contribution in [-0.2, 0) is 9.47 Å². The van der Waals surface area contributed by atoms with Gasteiger partial charge in [0, 0.05) is 0 Å². The molecule has 18 heavy (non-hydrogen) atoms. The van der Waals surface area contributed by atoms with E-state index in [2.05, 4.69) is 34.6 Å². The second-order valence-corrected chi connectivity index (χ2v) is 6.45. The fourth-order valence-corrected chi connectivity index (χ4v) is 2.05. The fraction of sp³-hybridized carbons (Fsp3) is 1.00. The van der Waals surface area contributed by atoms with Gasteiger partial charge in [0.15, 0.2) is 0 Å². The summed E-state index contributed by atoms with van der Waals surface area (Å²) in [6.45, 7) is 15.6. The monoisotopic (exact) mass is 260 g/mol. The molecule has 3 heteroatoms. The van der Waals surface area contributed by atoms with Gasteiger partial charge in [0.2, 0.25) is 0 Å². The van der Waals surface area contributed by atoms with Crippen molar-refractivity contribution in [1.29, 1.82) is 0 Å². The maximum Gasteiger partial charge on any atom is 0.0784 e. The van der Waals surface area contributed by atoms with Crippen LogP contribution in [0.5, 0.6) is 0 Å². The van der Waals surface area contributed by atoms with Gasteiger partial charge in [0.1, 0.15) is 0 Å². The van der Waals surface area contributed by atoms with Gasteiger partial charge in [-0.3, -0.25) is 0 Å². The molecule has 0 aliphatic rings. The van der Waals surface area contributed by atoms with Crippen LogP contribution in [0.1, 0.15) is 54.9 Å². The molecule has 0 aromatic heterocycles. The molecule has 4 unspecified atom stereocenters. The van der Waals surface area contributed by atoms with E-state index in [1.807, 2.05) is 13.8 Å². The van der Waals surface area contributed by atoms with Gasteiger partial charge >= 0.3 is 0 Å². The van der Waals surface area contributed by atoms with Crippen LogP contribution in [-0.4, -0.2) is 36.6 Å². The first-order chi connectivity index (χ1) is 8.22. The molecule has 0 aromatic carbocycles. The lowest BCUT2D eigenvalue weighted by Crippen LogP contribution is -2.39. The van der Waals surface area contributed by atoms with Crippen molar-refractivity contribution in [3.05, 3.63) is 0 Å². The lowest BCUT2D eigenvalue weighted by molar-refractivity contribution is -0.120. The highest BCUT2D eigenvalue weighted by atomic mass is 16.5. The first-order valence-electron chi connectivity index (χ1n) is 7.10. The van der Waals surface area contributed by atoms with E-state index in [0.717, 1.165) is 6.42 Å². The quantitative estimate of drug-likeness (QED) is 0.728. The van der Waals surface area contributed by atoms with Crippen molar-refractivity contribution < 1.29 is 14.6 Å². The summed E-state index contributed by atoms with van der Waals surface area (Å²) in [7, 11) is 0. The first-order valence-corrected chi connectivity index (χ1v) is 7.10. The van der Waals surface area contributed by atoms with Gasteiger partial charge in [-0.15, -0.1) is 0 Å². The minimum absolute atomic E-state index is 0.0530. The van der Waals surface area contributed by atoms with Crippen LogP contribution in [0.15, 0.2) is 0 Å². The van der Waals surface area contributed by atoms with Crippen molar-refractivity contribution >= 4 is 0 Å². The Hall–Kier alpha value is -0.120. The Bertz CT molecular complexity index is 210. The van der Waals surface area contributed by atoms with Crippen molar-refractivity contribution in [3.8, 4) is 0 Å². The van der Waals surface area contributed by atoms with E-state index in [1.165, 1.54) is 0 Å². The van der Waals surface area contributed by atoms with Gasteiger partial charge in [-0.25, -0.2) is 0 Å². The standard InChI is InChI=1S/C15H32O3/c1-8-11(2)14(15(5,6)7)18-13(4)10-17-12(3)9-16/h11-14,16H,8-10H2,1-7H3. The van der Waals surface area contributed by atoms with E-state index < -0.39 is 0 Å². The number of ether oxygens (including phenoxy) is 2. The molecule has 4 atom stereocenters. The van der Waals surface area contributed by atoms with Gasteiger partial charge in [0.05, 0.1) is 31.5 Å². The van der Waals surface area contributed by atoms with Crippen molar-refractivity contribution in [2.24, 2.45) is 11.3 Å². The van der Waals surface area contributed by atoms with Gasteiger partial charge in [-0.2, -0.15) is 0 Å². The predicted molar refractivity (Wildman–Crippen MR) is 75.7 cm³/mol. The minimum atomic E-state index is -0.118. The Kier molecular flexibility index (Phi) is 8.08. The molecule has 3 nitrogen and oxygen atoms in total.